The van der Waals surface area contributed by atoms with Gasteiger partial charge in [0, 0.05) is 11.8 Å². The van der Waals surface area contributed by atoms with Crippen LogP contribution >= 0.6 is 0 Å². The number of esters is 1. The van der Waals surface area contributed by atoms with E-state index in [9.17, 15) is 14.9 Å². The average molecular weight is 466 g/mol. The largest absolute Gasteiger partial charge is 0.497 e. The van der Waals surface area contributed by atoms with Gasteiger partial charge in [-0.1, -0.05) is 42.5 Å². The Hall–Kier alpha value is -4.90. The summed E-state index contributed by atoms with van der Waals surface area (Å²) in [5.74, 6) is -0.652. The lowest BCUT2D eigenvalue weighted by Gasteiger charge is -2.14. The fourth-order valence-corrected chi connectivity index (χ4v) is 3.42. The highest BCUT2D eigenvalue weighted by molar-refractivity contribution is 6.00. The number of carbonyl (C=O) groups is 2. The van der Waals surface area contributed by atoms with Crippen LogP contribution in [0.25, 0.3) is 16.9 Å². The topological polar surface area (TPSA) is 106 Å². The van der Waals surface area contributed by atoms with Gasteiger partial charge in [-0.2, -0.15) is 10.4 Å². The first-order valence-corrected chi connectivity index (χ1v) is 10.8. The summed E-state index contributed by atoms with van der Waals surface area (Å²) in [5.41, 5.74) is 2.65. The highest BCUT2D eigenvalue weighted by Crippen LogP contribution is 2.28. The molecule has 174 valence electrons. The number of methoxy groups -OCH3 is 1. The quantitative estimate of drug-likeness (QED) is 0.399. The second kappa shape index (κ2) is 10.4. The monoisotopic (exact) mass is 466 g/mol. The van der Waals surface area contributed by atoms with E-state index in [2.05, 4.69) is 10.4 Å². The zero-order valence-electron chi connectivity index (χ0n) is 19.1. The van der Waals surface area contributed by atoms with E-state index in [1.165, 1.54) is 6.92 Å². The molecule has 0 saturated heterocycles. The van der Waals surface area contributed by atoms with E-state index in [1.54, 1.807) is 60.5 Å². The molecule has 8 heteroatoms. The van der Waals surface area contributed by atoms with Crippen LogP contribution in [0.2, 0.25) is 0 Å². The first-order valence-electron chi connectivity index (χ1n) is 10.8. The van der Waals surface area contributed by atoms with Crippen LogP contribution < -0.4 is 10.1 Å². The molecule has 1 unspecified atom stereocenters. The Morgan fingerprint density at radius 1 is 1.03 bits per heavy atom. The molecule has 35 heavy (non-hydrogen) atoms. The maximum Gasteiger partial charge on any atom is 0.342 e. The number of aromatic nitrogens is 2. The number of hydrogen-bond donors (Lipinski definition) is 1. The summed E-state index contributed by atoms with van der Waals surface area (Å²) in [6.07, 6.45) is 0.453. The van der Waals surface area contributed by atoms with Crippen molar-refractivity contribution in [1.29, 1.82) is 5.26 Å². The van der Waals surface area contributed by atoms with Crippen LogP contribution in [0.3, 0.4) is 0 Å². The molecule has 1 amide bonds. The van der Waals surface area contributed by atoms with Gasteiger partial charge in [-0.15, -0.1) is 0 Å². The van der Waals surface area contributed by atoms with Gasteiger partial charge < -0.3 is 14.8 Å². The van der Waals surface area contributed by atoms with Gasteiger partial charge in [0.1, 0.15) is 23.1 Å². The van der Waals surface area contributed by atoms with Crippen molar-refractivity contribution in [2.24, 2.45) is 0 Å². The Balaban J connectivity index is 1.62. The molecular formula is C27H22N4O4. The molecule has 0 saturated carbocycles. The van der Waals surface area contributed by atoms with E-state index >= 15 is 0 Å². The Kier molecular flexibility index (Phi) is 6.88. The second-order valence-corrected chi connectivity index (χ2v) is 7.60. The van der Waals surface area contributed by atoms with Crippen molar-refractivity contribution >= 4 is 17.6 Å². The highest BCUT2D eigenvalue weighted by atomic mass is 16.5. The number of benzene rings is 3. The van der Waals surface area contributed by atoms with Crippen molar-refractivity contribution in [3.05, 3.63) is 96.2 Å². The molecule has 0 fully saturated rings. The number of amides is 1. The van der Waals surface area contributed by atoms with Crippen molar-refractivity contribution in [2.75, 3.05) is 12.4 Å². The lowest BCUT2D eigenvalue weighted by Crippen LogP contribution is -2.30. The van der Waals surface area contributed by atoms with Crippen LogP contribution in [0.5, 0.6) is 5.75 Å². The molecule has 0 aliphatic heterocycles. The van der Waals surface area contributed by atoms with Crippen molar-refractivity contribution in [3.63, 3.8) is 0 Å². The molecule has 8 nitrogen and oxygen atoms in total. The van der Waals surface area contributed by atoms with Gasteiger partial charge in [-0.25, -0.2) is 9.48 Å². The van der Waals surface area contributed by atoms with Crippen LogP contribution in [0.15, 0.2) is 85.1 Å². The Morgan fingerprint density at radius 3 is 2.51 bits per heavy atom. The first-order chi connectivity index (χ1) is 17.0. The number of nitrogens with one attached hydrogen (secondary N) is 1. The van der Waals surface area contributed by atoms with Gasteiger partial charge in [-0.3, -0.25) is 4.79 Å². The molecule has 0 aliphatic carbocycles. The zero-order chi connectivity index (χ0) is 24.8. The number of para-hydroxylation sites is 2. The lowest BCUT2D eigenvalue weighted by molar-refractivity contribution is -0.123. The van der Waals surface area contributed by atoms with Gasteiger partial charge in [0.15, 0.2) is 6.10 Å². The van der Waals surface area contributed by atoms with Crippen LogP contribution in [0.1, 0.15) is 22.8 Å². The molecule has 1 aromatic heterocycles. The number of rotatable bonds is 7. The number of hydrogen-bond acceptors (Lipinski definition) is 6. The van der Waals surface area contributed by atoms with Gasteiger partial charge >= 0.3 is 5.97 Å². The zero-order valence-corrected chi connectivity index (χ0v) is 19.1. The number of nitriles is 1. The fourth-order valence-electron chi connectivity index (χ4n) is 3.42. The average Bonchev–Trinajstić information content (AvgIpc) is 3.35. The smallest absolute Gasteiger partial charge is 0.342 e. The lowest BCUT2D eigenvalue weighted by atomic mass is 10.1. The van der Waals surface area contributed by atoms with E-state index in [-0.39, 0.29) is 5.56 Å². The van der Waals surface area contributed by atoms with E-state index in [0.717, 1.165) is 5.69 Å². The van der Waals surface area contributed by atoms with E-state index in [4.69, 9.17) is 9.47 Å². The van der Waals surface area contributed by atoms with Crippen LogP contribution in [0, 0.1) is 11.3 Å². The second-order valence-electron chi connectivity index (χ2n) is 7.60. The van der Waals surface area contributed by atoms with Crippen LogP contribution in [-0.2, 0) is 9.53 Å². The number of ether oxygens (including phenoxy) is 2. The molecule has 1 heterocycles. The molecule has 0 radical (unpaired) electrons. The minimum Gasteiger partial charge on any atom is -0.497 e. The normalized spacial score (nSPS) is 11.2. The highest BCUT2D eigenvalue weighted by Gasteiger charge is 2.25. The number of nitrogens with zero attached hydrogens (tertiary/aromatic N) is 3. The molecule has 1 N–H and O–H groups in total. The maximum absolute atomic E-state index is 13.2. The third-order valence-corrected chi connectivity index (χ3v) is 5.26. The van der Waals surface area contributed by atoms with Crippen LogP contribution in [0.4, 0.5) is 5.69 Å². The summed E-state index contributed by atoms with van der Waals surface area (Å²) in [4.78, 5) is 25.9. The summed E-state index contributed by atoms with van der Waals surface area (Å²) in [5, 5.41) is 16.5. The summed E-state index contributed by atoms with van der Waals surface area (Å²) < 4.78 is 12.4. The SMILES string of the molecule is COc1cccc(-c2nn(-c3ccccc3)cc2C(=O)OC(C)C(=O)Nc2ccccc2C#N)c1. The van der Waals surface area contributed by atoms with E-state index in [1.807, 2.05) is 42.5 Å². The van der Waals surface area contributed by atoms with Crippen molar-refractivity contribution in [2.45, 2.75) is 13.0 Å². The summed E-state index contributed by atoms with van der Waals surface area (Å²) >= 11 is 0. The van der Waals surface area contributed by atoms with Crippen molar-refractivity contribution in [1.82, 2.24) is 9.78 Å². The predicted molar refractivity (Wildman–Crippen MR) is 130 cm³/mol. The molecular weight excluding hydrogens is 444 g/mol. The molecule has 1 atom stereocenters. The number of carbonyl (C=O) groups excluding carboxylic acids is 2. The minimum atomic E-state index is -1.12. The molecule has 3 aromatic carbocycles. The predicted octanol–water partition coefficient (Wildman–Crippen LogP) is 4.60. The van der Waals surface area contributed by atoms with Crippen molar-refractivity contribution < 1.29 is 19.1 Å². The van der Waals surface area contributed by atoms with E-state index < -0.39 is 18.0 Å². The standard InChI is InChI=1S/C27H22N4O4/c1-18(26(32)29-24-14-7-6-9-20(24)16-28)35-27(33)23-17-31(21-11-4-3-5-12-21)30-25(23)19-10-8-13-22(15-19)34-2/h3-15,17-18H,1-2H3,(H,29,32). The Labute approximate surface area is 202 Å². The fraction of sp³-hybridized carbons (Fsp3) is 0.111. The first kappa shape index (κ1) is 23.3. The molecule has 0 bridgehead atoms. The third-order valence-electron chi connectivity index (χ3n) is 5.26. The van der Waals surface area contributed by atoms with Gasteiger partial charge in [-0.05, 0) is 43.3 Å². The number of anilines is 1. The van der Waals surface area contributed by atoms with E-state index in [0.29, 0.717) is 28.3 Å². The third kappa shape index (κ3) is 5.20. The van der Waals surface area contributed by atoms with Gasteiger partial charge in [0.25, 0.3) is 5.91 Å². The molecule has 0 spiro atoms. The van der Waals surface area contributed by atoms with Gasteiger partial charge in [0.05, 0.1) is 24.0 Å². The van der Waals surface area contributed by atoms with Crippen LogP contribution in [-0.4, -0.2) is 34.9 Å². The molecule has 4 aromatic rings. The molecule has 0 aliphatic rings. The molecule has 4 rings (SSSR count). The summed E-state index contributed by atoms with van der Waals surface area (Å²) in [6, 6.07) is 25.1. The summed E-state index contributed by atoms with van der Waals surface area (Å²) in [7, 11) is 1.56. The Bertz CT molecular complexity index is 1410. The summed E-state index contributed by atoms with van der Waals surface area (Å²) in [6.45, 7) is 1.47. The van der Waals surface area contributed by atoms with Crippen molar-refractivity contribution in [3.8, 4) is 28.8 Å². The maximum atomic E-state index is 13.2. The Morgan fingerprint density at radius 2 is 1.77 bits per heavy atom. The van der Waals surface area contributed by atoms with Gasteiger partial charge in [0.2, 0.25) is 0 Å². The minimum absolute atomic E-state index is 0.194.